The van der Waals surface area contributed by atoms with E-state index in [-0.39, 0.29) is 18.6 Å². The molecule has 0 spiro atoms. The lowest BCUT2D eigenvalue weighted by Crippen LogP contribution is -2.17. The number of carbonyl (C=O) groups excluding carboxylic acids is 2. The first kappa shape index (κ1) is 25.5. The Bertz CT molecular complexity index is 1560. The number of carbonyl (C=O) groups is 2. The molecule has 1 amide bonds. The number of fused-ring (bicyclic) bond motifs is 1. The van der Waals surface area contributed by atoms with Crippen molar-refractivity contribution in [1.29, 1.82) is 0 Å². The second-order valence-corrected chi connectivity index (χ2v) is 10.6. The number of allylic oxidation sites excluding steroid dienone is 3. The lowest BCUT2D eigenvalue weighted by atomic mass is 9.95. The number of ether oxygens (including phenoxy) is 2. The van der Waals surface area contributed by atoms with E-state index in [0.717, 1.165) is 45.1 Å². The van der Waals surface area contributed by atoms with Crippen molar-refractivity contribution in [2.45, 2.75) is 26.7 Å². The van der Waals surface area contributed by atoms with Crippen molar-refractivity contribution >= 4 is 39.6 Å². The Morgan fingerprint density at radius 2 is 2.03 bits per heavy atom. The number of rotatable bonds is 5. The largest absolute Gasteiger partial charge is 0.458 e. The molecule has 2 aliphatic rings. The van der Waals surface area contributed by atoms with Crippen LogP contribution in [0.25, 0.3) is 22.2 Å². The van der Waals surface area contributed by atoms with Gasteiger partial charge in [-0.2, -0.15) is 0 Å². The Kier molecular flexibility index (Phi) is 7.42. The van der Waals surface area contributed by atoms with E-state index in [4.69, 9.17) is 9.47 Å². The highest BCUT2D eigenvalue weighted by atomic mass is 32.1. The summed E-state index contributed by atoms with van der Waals surface area (Å²) >= 11 is 1.51. The van der Waals surface area contributed by atoms with Crippen molar-refractivity contribution in [3.05, 3.63) is 94.4 Å². The van der Waals surface area contributed by atoms with Crippen LogP contribution in [0.15, 0.2) is 78.4 Å². The number of nitrogens with one attached hydrogen (secondary N) is 1. The minimum atomic E-state index is -0.0403. The zero-order valence-corrected chi connectivity index (χ0v) is 22.4. The summed E-state index contributed by atoms with van der Waals surface area (Å²) in [6.07, 6.45) is 7.92. The normalized spacial score (nSPS) is 15.8. The van der Waals surface area contributed by atoms with Crippen LogP contribution >= 0.6 is 11.3 Å². The molecule has 2 aromatic carbocycles. The molecule has 0 saturated carbocycles. The standard InChI is InChI=1S/C22H21N3O3S.C8H8O/c1-13-21(16-4-5-17-15(11-16)7-8-25(17)2)24-22(29-13)23-20(26)10-14-3-6-18-19(9-14)28-12-27-18;1-7-4-2-3-5-8(7)6-9/h3-8,11,14H,9-10,12H2,1-2H3,(H,23,24,26);2-6H,1H3. The Hall–Kier alpha value is -4.17. The van der Waals surface area contributed by atoms with E-state index in [2.05, 4.69) is 45.3 Å². The smallest absolute Gasteiger partial charge is 0.230 e. The summed E-state index contributed by atoms with van der Waals surface area (Å²) in [7, 11) is 2.04. The quantitative estimate of drug-likeness (QED) is 0.298. The predicted molar refractivity (Wildman–Crippen MR) is 150 cm³/mol. The van der Waals surface area contributed by atoms with Crippen LogP contribution in [-0.4, -0.2) is 28.5 Å². The lowest BCUT2D eigenvalue weighted by Gasteiger charge is -2.15. The van der Waals surface area contributed by atoms with Gasteiger partial charge in [0.1, 0.15) is 12.0 Å². The molecule has 194 valence electrons. The fourth-order valence-electron chi connectivity index (χ4n) is 4.56. The van der Waals surface area contributed by atoms with E-state index >= 15 is 0 Å². The molecule has 4 aromatic rings. The molecule has 3 heterocycles. The van der Waals surface area contributed by atoms with Crippen LogP contribution < -0.4 is 5.32 Å². The van der Waals surface area contributed by atoms with Gasteiger partial charge in [0.2, 0.25) is 12.7 Å². The van der Waals surface area contributed by atoms with E-state index in [1.165, 1.54) is 22.2 Å². The molecule has 0 saturated heterocycles. The first-order chi connectivity index (χ1) is 18.4. The molecule has 0 bridgehead atoms. The summed E-state index contributed by atoms with van der Waals surface area (Å²) in [5, 5.41) is 4.78. The average Bonchev–Trinajstić information content (AvgIpc) is 3.63. The fraction of sp³-hybridized carbons (Fsp3) is 0.233. The van der Waals surface area contributed by atoms with Crippen molar-refractivity contribution in [2.75, 3.05) is 12.1 Å². The highest BCUT2D eigenvalue weighted by Gasteiger charge is 2.25. The first-order valence-electron chi connectivity index (χ1n) is 12.4. The van der Waals surface area contributed by atoms with Crippen LogP contribution in [0, 0.1) is 19.8 Å². The summed E-state index contributed by atoms with van der Waals surface area (Å²) in [4.78, 5) is 28.5. The number of thiazole rings is 1. The third-order valence-corrected chi connectivity index (χ3v) is 7.54. The second-order valence-electron chi connectivity index (χ2n) is 9.37. The van der Waals surface area contributed by atoms with E-state index in [9.17, 15) is 9.59 Å². The number of aryl methyl sites for hydroxylation is 3. The summed E-state index contributed by atoms with van der Waals surface area (Å²) < 4.78 is 12.9. The van der Waals surface area contributed by atoms with Gasteiger partial charge in [-0.25, -0.2) is 4.98 Å². The molecule has 38 heavy (non-hydrogen) atoms. The Labute approximate surface area is 225 Å². The molecular formula is C30H29N3O4S. The zero-order valence-electron chi connectivity index (χ0n) is 21.6. The van der Waals surface area contributed by atoms with Crippen molar-refractivity contribution in [1.82, 2.24) is 9.55 Å². The van der Waals surface area contributed by atoms with Gasteiger partial charge < -0.3 is 19.4 Å². The van der Waals surface area contributed by atoms with Gasteiger partial charge in [0.15, 0.2) is 10.9 Å². The number of anilines is 1. The molecule has 8 heteroatoms. The maximum atomic E-state index is 12.5. The Morgan fingerprint density at radius 1 is 1.18 bits per heavy atom. The maximum Gasteiger partial charge on any atom is 0.230 e. The van der Waals surface area contributed by atoms with Gasteiger partial charge in [-0.1, -0.05) is 36.4 Å². The Morgan fingerprint density at radius 3 is 2.82 bits per heavy atom. The molecule has 1 aliphatic heterocycles. The van der Waals surface area contributed by atoms with Crippen LogP contribution in [0.1, 0.15) is 33.6 Å². The molecular weight excluding hydrogens is 498 g/mol. The van der Waals surface area contributed by atoms with Crippen molar-refractivity contribution < 1.29 is 19.1 Å². The lowest BCUT2D eigenvalue weighted by molar-refractivity contribution is -0.116. The van der Waals surface area contributed by atoms with E-state index < -0.39 is 0 Å². The molecule has 0 fully saturated rings. The van der Waals surface area contributed by atoms with Gasteiger partial charge in [-0.3, -0.25) is 9.59 Å². The van der Waals surface area contributed by atoms with E-state index in [1.54, 1.807) is 0 Å². The summed E-state index contributed by atoms with van der Waals surface area (Å²) in [5.41, 5.74) is 4.97. The maximum absolute atomic E-state index is 12.5. The fourth-order valence-corrected chi connectivity index (χ4v) is 5.41. The van der Waals surface area contributed by atoms with Crippen LogP contribution in [0.2, 0.25) is 0 Å². The van der Waals surface area contributed by atoms with Crippen molar-refractivity contribution in [3.63, 3.8) is 0 Å². The second kappa shape index (κ2) is 11.1. The van der Waals surface area contributed by atoms with Crippen LogP contribution in [0.5, 0.6) is 0 Å². The highest BCUT2D eigenvalue weighted by Crippen LogP contribution is 2.34. The summed E-state index contributed by atoms with van der Waals surface area (Å²) in [5.74, 6) is 1.70. The van der Waals surface area contributed by atoms with Gasteiger partial charge in [-0.15, -0.1) is 11.3 Å². The number of nitrogens with zero attached hydrogens (tertiary/aromatic N) is 2. The number of hydrogen-bond acceptors (Lipinski definition) is 6. The predicted octanol–water partition coefficient (Wildman–Crippen LogP) is 6.54. The third kappa shape index (κ3) is 5.55. The molecule has 1 N–H and O–H groups in total. The van der Waals surface area contributed by atoms with E-state index in [1.807, 2.05) is 57.3 Å². The molecule has 0 radical (unpaired) electrons. The van der Waals surface area contributed by atoms with E-state index in [0.29, 0.717) is 18.0 Å². The molecule has 1 atom stereocenters. The van der Waals surface area contributed by atoms with Gasteiger partial charge in [0, 0.05) is 53.0 Å². The molecule has 1 aliphatic carbocycles. The first-order valence-corrected chi connectivity index (χ1v) is 13.2. The molecule has 2 aromatic heterocycles. The topological polar surface area (TPSA) is 82.5 Å². The molecule has 6 rings (SSSR count). The number of aromatic nitrogens is 2. The molecule has 7 nitrogen and oxygen atoms in total. The average molecular weight is 528 g/mol. The van der Waals surface area contributed by atoms with Crippen molar-refractivity contribution in [3.8, 4) is 11.3 Å². The summed E-state index contributed by atoms with van der Waals surface area (Å²) in [6.45, 7) is 4.22. The molecule has 1 unspecified atom stereocenters. The van der Waals surface area contributed by atoms with Crippen LogP contribution in [0.3, 0.4) is 0 Å². The SMILES string of the molecule is Cc1ccccc1C=O.Cc1sc(NC(=O)CC2C=CC3=C(C2)OCO3)nc1-c1ccc2c(ccn2C)c1. The summed E-state index contributed by atoms with van der Waals surface area (Å²) in [6, 6.07) is 15.9. The van der Waals surface area contributed by atoms with Crippen LogP contribution in [-0.2, 0) is 21.3 Å². The number of benzene rings is 2. The number of aldehydes is 1. The monoisotopic (exact) mass is 527 g/mol. The van der Waals surface area contributed by atoms with Gasteiger partial charge in [0.25, 0.3) is 0 Å². The van der Waals surface area contributed by atoms with Gasteiger partial charge in [0.05, 0.1) is 5.69 Å². The highest BCUT2D eigenvalue weighted by molar-refractivity contribution is 7.16. The number of hydrogen-bond donors (Lipinski definition) is 1. The van der Waals surface area contributed by atoms with Crippen molar-refractivity contribution in [2.24, 2.45) is 13.0 Å². The van der Waals surface area contributed by atoms with Gasteiger partial charge in [-0.05, 0) is 49.6 Å². The minimum Gasteiger partial charge on any atom is -0.458 e. The van der Waals surface area contributed by atoms with Crippen LogP contribution in [0.4, 0.5) is 5.13 Å². The minimum absolute atomic E-state index is 0.0403. The third-order valence-electron chi connectivity index (χ3n) is 6.65. The zero-order chi connectivity index (χ0) is 26.6. The number of amides is 1. The van der Waals surface area contributed by atoms with Gasteiger partial charge >= 0.3 is 0 Å². The Balaban J connectivity index is 0.000000278.